The number of nitrogens with zero attached hydrogens (tertiary/aromatic N) is 4. The Balaban J connectivity index is 1.32. The first kappa shape index (κ1) is 22.9. The Morgan fingerprint density at radius 2 is 1.69 bits per heavy atom. The third kappa shape index (κ3) is 5.03. The third-order valence-electron chi connectivity index (χ3n) is 6.87. The summed E-state index contributed by atoms with van der Waals surface area (Å²) >= 11 is 0. The zero-order valence-corrected chi connectivity index (χ0v) is 20.3. The Bertz CT molecular complexity index is 945. The summed E-state index contributed by atoms with van der Waals surface area (Å²) < 4.78 is 7.70. The fraction of sp³-hybridized carbons (Fsp3) is 0.680. The van der Waals surface area contributed by atoms with Crippen molar-refractivity contribution in [1.29, 1.82) is 0 Å². The number of anilines is 1. The summed E-state index contributed by atoms with van der Waals surface area (Å²) in [6, 6.07) is 5.27. The van der Waals surface area contributed by atoms with Gasteiger partial charge in [-0.25, -0.2) is 4.79 Å². The number of nitrogen functional groups attached to an aromatic ring is 1. The van der Waals surface area contributed by atoms with Gasteiger partial charge in [0.25, 0.3) is 0 Å². The molecule has 2 fully saturated rings. The summed E-state index contributed by atoms with van der Waals surface area (Å²) in [5.74, 6) is 0.399. The van der Waals surface area contributed by atoms with Gasteiger partial charge in [0.15, 0.2) is 0 Å². The Labute approximate surface area is 191 Å². The van der Waals surface area contributed by atoms with Gasteiger partial charge in [0.2, 0.25) is 0 Å². The molecule has 1 saturated heterocycles. The number of amides is 1. The first-order valence-electron chi connectivity index (χ1n) is 12.1. The molecule has 1 aliphatic heterocycles. The zero-order chi connectivity index (χ0) is 23.0. The van der Waals surface area contributed by atoms with Crippen LogP contribution in [0.25, 0.3) is 10.9 Å². The van der Waals surface area contributed by atoms with Gasteiger partial charge in [0, 0.05) is 49.5 Å². The van der Waals surface area contributed by atoms with Crippen molar-refractivity contribution in [3.63, 3.8) is 0 Å². The molecule has 1 saturated carbocycles. The molecule has 7 heteroatoms. The highest BCUT2D eigenvalue weighted by molar-refractivity contribution is 5.83. The van der Waals surface area contributed by atoms with Crippen LogP contribution in [-0.4, -0.2) is 63.5 Å². The number of carbonyl (C=O) groups is 1. The van der Waals surface area contributed by atoms with Crippen LogP contribution in [0.5, 0.6) is 0 Å². The maximum atomic E-state index is 12.3. The molecule has 2 heterocycles. The summed E-state index contributed by atoms with van der Waals surface area (Å²) in [5, 5.41) is 6.04. The summed E-state index contributed by atoms with van der Waals surface area (Å²) in [5.41, 5.74) is 8.91. The minimum Gasteiger partial charge on any atom is -0.444 e. The monoisotopic (exact) mass is 441 g/mol. The summed E-state index contributed by atoms with van der Waals surface area (Å²) in [6.45, 7) is 13.4. The highest BCUT2D eigenvalue weighted by Gasteiger charge is 2.31. The van der Waals surface area contributed by atoms with Crippen molar-refractivity contribution in [3.05, 3.63) is 23.9 Å². The van der Waals surface area contributed by atoms with E-state index in [0.717, 1.165) is 55.6 Å². The summed E-state index contributed by atoms with van der Waals surface area (Å²) in [7, 11) is 0. The highest BCUT2D eigenvalue weighted by Crippen LogP contribution is 2.33. The Hall–Kier alpha value is -2.28. The zero-order valence-electron chi connectivity index (χ0n) is 20.3. The number of hydrogen-bond acceptors (Lipinski definition) is 5. The molecule has 0 atom stereocenters. The lowest BCUT2D eigenvalue weighted by molar-refractivity contribution is 0.00722. The highest BCUT2D eigenvalue weighted by atomic mass is 16.6. The van der Waals surface area contributed by atoms with Crippen LogP contribution >= 0.6 is 0 Å². The Morgan fingerprint density at radius 3 is 2.28 bits per heavy atom. The van der Waals surface area contributed by atoms with Gasteiger partial charge in [-0.1, -0.05) is 13.8 Å². The van der Waals surface area contributed by atoms with Gasteiger partial charge in [-0.15, -0.1) is 0 Å². The second kappa shape index (κ2) is 8.93. The van der Waals surface area contributed by atoms with E-state index in [9.17, 15) is 4.79 Å². The molecule has 32 heavy (non-hydrogen) atoms. The normalized spacial score (nSPS) is 23.1. The van der Waals surface area contributed by atoms with Gasteiger partial charge in [0.05, 0.1) is 11.6 Å². The minimum absolute atomic E-state index is 0.187. The van der Waals surface area contributed by atoms with Crippen LogP contribution < -0.4 is 5.73 Å². The second-order valence-corrected chi connectivity index (χ2v) is 10.8. The molecule has 1 aromatic heterocycles. The van der Waals surface area contributed by atoms with Gasteiger partial charge in [-0.05, 0) is 70.1 Å². The van der Waals surface area contributed by atoms with Gasteiger partial charge in [0.1, 0.15) is 5.60 Å². The van der Waals surface area contributed by atoms with Crippen molar-refractivity contribution >= 4 is 22.7 Å². The van der Waals surface area contributed by atoms with E-state index in [1.54, 1.807) is 0 Å². The number of ether oxygens (including phenoxy) is 1. The second-order valence-electron chi connectivity index (χ2n) is 10.8. The van der Waals surface area contributed by atoms with Crippen molar-refractivity contribution in [2.45, 2.75) is 83.9 Å². The lowest BCUT2D eigenvalue weighted by atomic mass is 9.90. The molecule has 0 spiro atoms. The van der Waals surface area contributed by atoms with Crippen LogP contribution in [0.3, 0.4) is 0 Å². The first-order valence-corrected chi connectivity index (χ1v) is 12.1. The maximum absolute atomic E-state index is 12.3. The van der Waals surface area contributed by atoms with Gasteiger partial charge >= 0.3 is 6.09 Å². The Morgan fingerprint density at radius 1 is 1.06 bits per heavy atom. The average Bonchev–Trinajstić information content (AvgIpc) is 3.15. The van der Waals surface area contributed by atoms with Gasteiger partial charge in [-0.3, -0.25) is 9.58 Å². The van der Waals surface area contributed by atoms with Gasteiger partial charge in [-0.2, -0.15) is 5.10 Å². The molecule has 4 rings (SSSR count). The van der Waals surface area contributed by atoms with E-state index in [0.29, 0.717) is 18.0 Å². The molecule has 1 amide bonds. The fourth-order valence-corrected chi connectivity index (χ4v) is 5.10. The third-order valence-corrected chi connectivity index (χ3v) is 6.87. The average molecular weight is 442 g/mol. The SMILES string of the molecule is CC(C)c1cc2nn(C3CCC(N4CCN(C(=O)OC(C)(C)C)CC4)CC3)cc2cc1N. The number of hydrogen-bond donors (Lipinski definition) is 1. The van der Waals surface area contributed by atoms with E-state index in [2.05, 4.69) is 41.8 Å². The predicted molar refractivity (Wildman–Crippen MR) is 129 cm³/mol. The quantitative estimate of drug-likeness (QED) is 0.694. The summed E-state index contributed by atoms with van der Waals surface area (Å²) in [4.78, 5) is 16.7. The molecule has 0 unspecified atom stereocenters. The molecule has 1 aromatic carbocycles. The van der Waals surface area contributed by atoms with E-state index in [-0.39, 0.29) is 6.09 Å². The first-order chi connectivity index (χ1) is 15.1. The molecular formula is C25H39N5O2. The number of piperazine rings is 1. The lowest BCUT2D eigenvalue weighted by Gasteiger charge is -2.42. The smallest absolute Gasteiger partial charge is 0.410 e. The van der Waals surface area contributed by atoms with Crippen molar-refractivity contribution < 1.29 is 9.53 Å². The number of carbonyl (C=O) groups excluding carboxylic acids is 1. The van der Waals surface area contributed by atoms with Crippen molar-refractivity contribution in [1.82, 2.24) is 19.6 Å². The molecule has 1 aliphatic carbocycles. The maximum Gasteiger partial charge on any atom is 0.410 e. The number of rotatable bonds is 3. The van der Waals surface area contributed by atoms with Crippen LogP contribution in [0.15, 0.2) is 18.3 Å². The molecular weight excluding hydrogens is 402 g/mol. The molecule has 2 N–H and O–H groups in total. The van der Waals surface area contributed by atoms with Crippen LogP contribution in [0.4, 0.5) is 10.5 Å². The van der Waals surface area contributed by atoms with Gasteiger partial charge < -0.3 is 15.4 Å². The van der Waals surface area contributed by atoms with Crippen molar-refractivity contribution in [2.75, 3.05) is 31.9 Å². The van der Waals surface area contributed by atoms with Crippen molar-refractivity contribution in [3.8, 4) is 0 Å². The van der Waals surface area contributed by atoms with Crippen LogP contribution in [0.2, 0.25) is 0 Å². The van der Waals surface area contributed by atoms with E-state index in [4.69, 9.17) is 15.6 Å². The molecule has 2 aliphatic rings. The number of nitrogens with two attached hydrogens (primary N) is 1. The van der Waals surface area contributed by atoms with Crippen molar-refractivity contribution in [2.24, 2.45) is 0 Å². The predicted octanol–water partition coefficient (Wildman–Crippen LogP) is 4.78. The molecule has 0 radical (unpaired) electrons. The molecule has 2 aromatic rings. The van der Waals surface area contributed by atoms with E-state index in [1.165, 1.54) is 18.4 Å². The van der Waals surface area contributed by atoms with E-state index in [1.807, 2.05) is 25.7 Å². The molecule has 7 nitrogen and oxygen atoms in total. The lowest BCUT2D eigenvalue weighted by Crippen LogP contribution is -2.53. The van der Waals surface area contributed by atoms with E-state index < -0.39 is 5.60 Å². The fourth-order valence-electron chi connectivity index (χ4n) is 5.10. The number of fused-ring (bicyclic) bond motifs is 1. The minimum atomic E-state index is -0.439. The number of aromatic nitrogens is 2. The Kier molecular flexibility index (Phi) is 6.39. The van der Waals surface area contributed by atoms with Crippen LogP contribution in [-0.2, 0) is 4.74 Å². The number of benzene rings is 1. The molecule has 0 bridgehead atoms. The van der Waals surface area contributed by atoms with E-state index >= 15 is 0 Å². The molecule has 176 valence electrons. The van der Waals surface area contributed by atoms with Crippen LogP contribution in [0, 0.1) is 0 Å². The van der Waals surface area contributed by atoms with Crippen LogP contribution in [0.1, 0.15) is 77.8 Å². The largest absolute Gasteiger partial charge is 0.444 e. The standard InChI is InChI=1S/C25H39N5O2/c1-17(2)21-15-23-18(14-22(21)26)16-30(27-23)20-8-6-19(7-9-20)28-10-12-29(13-11-28)24(31)32-25(3,4)5/h14-17,19-20H,6-13,26H2,1-5H3. The summed E-state index contributed by atoms with van der Waals surface area (Å²) in [6.07, 6.45) is 6.60. The topological polar surface area (TPSA) is 76.6 Å².